The van der Waals surface area contributed by atoms with Crippen molar-refractivity contribution in [2.75, 3.05) is 5.32 Å². The van der Waals surface area contributed by atoms with E-state index in [2.05, 4.69) is 5.32 Å². The van der Waals surface area contributed by atoms with E-state index in [-0.39, 0.29) is 23.4 Å². The highest BCUT2D eigenvalue weighted by molar-refractivity contribution is 5.50. The van der Waals surface area contributed by atoms with Crippen molar-refractivity contribution in [3.05, 3.63) is 58.7 Å². The van der Waals surface area contributed by atoms with E-state index < -0.39 is 11.6 Å². The molecule has 0 heterocycles. The number of phenolic OH excluding ortho intramolecular Hbond substituents is 1. The van der Waals surface area contributed by atoms with Gasteiger partial charge in [0.2, 0.25) is 0 Å². The van der Waals surface area contributed by atoms with Crippen LogP contribution in [0.3, 0.4) is 0 Å². The molecule has 0 aromatic heterocycles. The average molecular weight is 274 g/mol. The van der Waals surface area contributed by atoms with Gasteiger partial charge < -0.3 is 10.4 Å². The summed E-state index contributed by atoms with van der Waals surface area (Å²) in [4.78, 5) is 0. The van der Waals surface area contributed by atoms with Crippen LogP contribution >= 0.6 is 0 Å². The van der Waals surface area contributed by atoms with Crippen LogP contribution in [0.1, 0.15) is 16.7 Å². The number of halogens is 2. The topological polar surface area (TPSA) is 56.0 Å². The molecule has 0 unspecified atom stereocenters. The van der Waals surface area contributed by atoms with Crippen LogP contribution in [0, 0.1) is 29.9 Å². The zero-order valence-corrected chi connectivity index (χ0v) is 10.7. The zero-order valence-electron chi connectivity index (χ0n) is 10.7. The van der Waals surface area contributed by atoms with E-state index in [1.807, 2.05) is 0 Å². The predicted octanol–water partition coefficient (Wildman–Crippen LogP) is 3.46. The van der Waals surface area contributed by atoms with Gasteiger partial charge in [-0.25, -0.2) is 8.78 Å². The lowest BCUT2D eigenvalue weighted by Crippen LogP contribution is -2.05. The number of nitrogens with zero attached hydrogens (tertiary/aromatic N) is 1. The lowest BCUT2D eigenvalue weighted by atomic mass is 10.1. The molecule has 0 aliphatic carbocycles. The van der Waals surface area contributed by atoms with Crippen molar-refractivity contribution < 1.29 is 13.9 Å². The number of aromatic hydroxyl groups is 1. The number of rotatable bonds is 3. The fourth-order valence-corrected chi connectivity index (χ4v) is 1.79. The van der Waals surface area contributed by atoms with Gasteiger partial charge in [-0.15, -0.1) is 0 Å². The Labute approximate surface area is 115 Å². The molecule has 0 bridgehead atoms. The molecule has 0 aliphatic heterocycles. The number of anilines is 1. The number of nitrogens with one attached hydrogen (secondary N) is 1. The van der Waals surface area contributed by atoms with Crippen molar-refractivity contribution in [3.63, 3.8) is 0 Å². The Bertz CT molecular complexity index is 670. The van der Waals surface area contributed by atoms with E-state index in [0.29, 0.717) is 11.3 Å². The Kier molecular flexibility index (Phi) is 3.85. The predicted molar refractivity (Wildman–Crippen MR) is 71.2 cm³/mol. The maximum atomic E-state index is 13.7. The largest absolute Gasteiger partial charge is 0.508 e. The van der Waals surface area contributed by atoms with Gasteiger partial charge in [-0.05, 0) is 42.8 Å². The van der Waals surface area contributed by atoms with Gasteiger partial charge in [-0.3, -0.25) is 0 Å². The Morgan fingerprint density at radius 2 is 1.85 bits per heavy atom. The van der Waals surface area contributed by atoms with Gasteiger partial charge in [-0.2, -0.15) is 5.26 Å². The van der Waals surface area contributed by atoms with Gasteiger partial charge in [0.15, 0.2) is 0 Å². The quantitative estimate of drug-likeness (QED) is 0.843. The molecule has 2 aromatic rings. The van der Waals surface area contributed by atoms with E-state index in [1.54, 1.807) is 25.1 Å². The molecular formula is C15H12F2N2O. The summed E-state index contributed by atoms with van der Waals surface area (Å²) in [5.41, 5.74) is 1.12. The van der Waals surface area contributed by atoms with E-state index in [9.17, 15) is 13.9 Å². The van der Waals surface area contributed by atoms with E-state index in [0.717, 1.165) is 12.1 Å². The van der Waals surface area contributed by atoms with Crippen LogP contribution in [-0.4, -0.2) is 5.11 Å². The molecule has 2 N–H and O–H groups in total. The maximum Gasteiger partial charge on any atom is 0.132 e. The second-order valence-corrected chi connectivity index (χ2v) is 4.39. The average Bonchev–Trinajstić information content (AvgIpc) is 2.41. The molecule has 0 saturated carbocycles. The molecule has 0 amide bonds. The summed E-state index contributed by atoms with van der Waals surface area (Å²) in [6, 6.07) is 8.49. The first-order chi connectivity index (χ1) is 9.51. The molecule has 0 fully saturated rings. The first-order valence-electron chi connectivity index (χ1n) is 5.93. The SMILES string of the molecule is Cc1cc(NCc2c(F)cc(C#N)cc2F)ccc1O. The summed E-state index contributed by atoms with van der Waals surface area (Å²) in [7, 11) is 0. The van der Waals surface area contributed by atoms with E-state index in [1.165, 1.54) is 6.07 Å². The van der Waals surface area contributed by atoms with Crippen molar-refractivity contribution in [2.45, 2.75) is 13.5 Å². The molecular weight excluding hydrogens is 262 g/mol. The van der Waals surface area contributed by atoms with Crippen LogP contribution < -0.4 is 5.32 Å². The second-order valence-electron chi connectivity index (χ2n) is 4.39. The lowest BCUT2D eigenvalue weighted by molar-refractivity contribution is 0.471. The van der Waals surface area contributed by atoms with Crippen LogP contribution in [0.15, 0.2) is 30.3 Å². The Hall–Kier alpha value is -2.61. The van der Waals surface area contributed by atoms with Gasteiger partial charge in [0.1, 0.15) is 17.4 Å². The third-order valence-corrected chi connectivity index (χ3v) is 2.94. The van der Waals surface area contributed by atoms with Crippen molar-refractivity contribution in [1.82, 2.24) is 0 Å². The monoisotopic (exact) mass is 274 g/mol. The summed E-state index contributed by atoms with van der Waals surface area (Å²) < 4.78 is 27.3. The van der Waals surface area contributed by atoms with Gasteiger partial charge in [0.25, 0.3) is 0 Å². The second kappa shape index (κ2) is 5.57. The van der Waals surface area contributed by atoms with Gasteiger partial charge in [0.05, 0.1) is 11.6 Å². The zero-order chi connectivity index (χ0) is 14.7. The minimum absolute atomic E-state index is 0.0480. The van der Waals surface area contributed by atoms with Crippen LogP contribution in [0.2, 0.25) is 0 Å². The summed E-state index contributed by atoms with van der Waals surface area (Å²) in [5.74, 6) is -1.36. The normalized spacial score (nSPS) is 10.1. The molecule has 0 atom stereocenters. The highest BCUT2D eigenvalue weighted by Gasteiger charge is 2.11. The number of nitriles is 1. The van der Waals surface area contributed by atoms with Crippen LogP contribution in [0.25, 0.3) is 0 Å². The van der Waals surface area contributed by atoms with Gasteiger partial charge in [-0.1, -0.05) is 0 Å². The van der Waals surface area contributed by atoms with Crippen molar-refractivity contribution in [3.8, 4) is 11.8 Å². The number of hydrogen-bond donors (Lipinski definition) is 2. The summed E-state index contributed by atoms with van der Waals surface area (Å²) in [6.45, 7) is 1.68. The lowest BCUT2D eigenvalue weighted by Gasteiger charge is -2.10. The number of benzene rings is 2. The number of hydrogen-bond acceptors (Lipinski definition) is 3. The number of phenols is 1. The smallest absolute Gasteiger partial charge is 0.132 e. The third-order valence-electron chi connectivity index (χ3n) is 2.94. The minimum Gasteiger partial charge on any atom is -0.508 e. The van der Waals surface area contributed by atoms with E-state index in [4.69, 9.17) is 5.26 Å². The van der Waals surface area contributed by atoms with Crippen LogP contribution in [-0.2, 0) is 6.54 Å². The molecule has 20 heavy (non-hydrogen) atoms. The molecule has 3 nitrogen and oxygen atoms in total. The fourth-order valence-electron chi connectivity index (χ4n) is 1.79. The van der Waals surface area contributed by atoms with Crippen LogP contribution in [0.4, 0.5) is 14.5 Å². The number of aryl methyl sites for hydroxylation is 1. The third kappa shape index (κ3) is 2.86. The summed E-state index contributed by atoms with van der Waals surface area (Å²) in [5, 5.41) is 20.9. The van der Waals surface area contributed by atoms with Crippen molar-refractivity contribution in [1.29, 1.82) is 5.26 Å². The Morgan fingerprint density at radius 1 is 1.20 bits per heavy atom. The molecule has 0 aliphatic rings. The molecule has 2 rings (SSSR count). The molecule has 0 radical (unpaired) electrons. The van der Waals surface area contributed by atoms with Gasteiger partial charge >= 0.3 is 0 Å². The highest BCUT2D eigenvalue weighted by atomic mass is 19.1. The highest BCUT2D eigenvalue weighted by Crippen LogP contribution is 2.22. The molecule has 0 saturated heterocycles. The first-order valence-corrected chi connectivity index (χ1v) is 5.93. The minimum atomic E-state index is -0.760. The molecule has 0 spiro atoms. The Balaban J connectivity index is 2.19. The van der Waals surface area contributed by atoms with E-state index >= 15 is 0 Å². The Morgan fingerprint density at radius 3 is 2.40 bits per heavy atom. The molecule has 5 heteroatoms. The summed E-state index contributed by atoms with van der Waals surface area (Å²) >= 11 is 0. The van der Waals surface area contributed by atoms with Gasteiger partial charge in [0, 0.05) is 17.8 Å². The van der Waals surface area contributed by atoms with Crippen LogP contribution in [0.5, 0.6) is 5.75 Å². The molecule has 102 valence electrons. The molecule has 2 aromatic carbocycles. The van der Waals surface area contributed by atoms with Crippen molar-refractivity contribution >= 4 is 5.69 Å². The maximum absolute atomic E-state index is 13.7. The first kappa shape index (κ1) is 13.8. The standard InChI is InChI=1S/C15H12F2N2O/c1-9-4-11(2-3-15(9)20)19-8-12-13(16)5-10(7-18)6-14(12)17/h2-6,19-20H,8H2,1H3. The van der Waals surface area contributed by atoms with Crippen molar-refractivity contribution in [2.24, 2.45) is 0 Å². The fraction of sp³-hybridized carbons (Fsp3) is 0.133. The summed E-state index contributed by atoms with van der Waals surface area (Å²) in [6.07, 6.45) is 0.